The molecule has 9 nitrogen and oxygen atoms in total. The zero-order chi connectivity index (χ0) is 19.4. The van der Waals surface area contributed by atoms with E-state index in [0.29, 0.717) is 6.20 Å². The van der Waals surface area contributed by atoms with Gasteiger partial charge < -0.3 is 14.2 Å². The Kier molecular flexibility index (Phi) is 6.70. The number of aromatic nitrogens is 2. The fourth-order valence-electron chi connectivity index (χ4n) is 2.67. The quantitative estimate of drug-likeness (QED) is 0.508. The van der Waals surface area contributed by atoms with Crippen LogP contribution in [0.25, 0.3) is 0 Å². The summed E-state index contributed by atoms with van der Waals surface area (Å²) in [5.74, 6) is -3.35. The standard InChI is InChI=1S/C15H18BrFN2O7/c1-3-24-9(20)5-8-10(14(22)25-4-2)11(16)13(26-8)19-6-7(17)12(21)18-15(19)23/h6,8,10-11,13H,3-5H2,1-2H3,(H,18,21,23)/t8-,10+,11-,13+/m0/s1. The molecule has 0 aliphatic carbocycles. The molecular weight excluding hydrogens is 419 g/mol. The van der Waals surface area contributed by atoms with Gasteiger partial charge in [0.05, 0.1) is 36.8 Å². The molecule has 1 aliphatic heterocycles. The lowest BCUT2D eigenvalue weighted by molar-refractivity contribution is -0.153. The third-order valence-corrected chi connectivity index (χ3v) is 4.78. The summed E-state index contributed by atoms with van der Waals surface area (Å²) in [6, 6.07) is 0. The number of esters is 2. The third-order valence-electron chi connectivity index (χ3n) is 3.76. The van der Waals surface area contributed by atoms with Crippen molar-refractivity contribution in [2.75, 3.05) is 13.2 Å². The molecule has 0 bridgehead atoms. The Morgan fingerprint density at radius 1 is 1.31 bits per heavy atom. The highest BCUT2D eigenvalue weighted by molar-refractivity contribution is 9.09. The summed E-state index contributed by atoms with van der Waals surface area (Å²) >= 11 is 3.27. The van der Waals surface area contributed by atoms with Gasteiger partial charge in [-0.1, -0.05) is 15.9 Å². The summed E-state index contributed by atoms with van der Waals surface area (Å²) in [6.45, 7) is 3.52. The molecule has 1 fully saturated rings. The largest absolute Gasteiger partial charge is 0.466 e. The molecule has 2 rings (SSSR count). The number of ether oxygens (including phenoxy) is 3. The van der Waals surface area contributed by atoms with Gasteiger partial charge in [-0.15, -0.1) is 0 Å². The van der Waals surface area contributed by atoms with Crippen LogP contribution in [0.1, 0.15) is 26.5 Å². The number of hydrogen-bond donors (Lipinski definition) is 1. The number of nitrogens with zero attached hydrogens (tertiary/aromatic N) is 1. The van der Waals surface area contributed by atoms with Crippen LogP contribution in [0.4, 0.5) is 4.39 Å². The van der Waals surface area contributed by atoms with Gasteiger partial charge in [0.25, 0.3) is 5.56 Å². The number of aromatic amines is 1. The molecule has 1 N–H and O–H groups in total. The van der Waals surface area contributed by atoms with E-state index >= 15 is 0 Å². The predicted molar refractivity (Wildman–Crippen MR) is 89.3 cm³/mol. The van der Waals surface area contributed by atoms with Crippen molar-refractivity contribution in [3.63, 3.8) is 0 Å². The normalized spacial score (nSPS) is 25.1. The second-order valence-corrected chi connectivity index (χ2v) is 6.50. The molecule has 0 saturated carbocycles. The van der Waals surface area contributed by atoms with Crippen molar-refractivity contribution in [3.05, 3.63) is 32.9 Å². The highest BCUT2D eigenvalue weighted by Crippen LogP contribution is 2.40. The SMILES string of the molecule is CCOC(=O)C[C@@H]1O[C@@H](n2cc(F)c(=O)[nH]c2=O)[C@@H](Br)[C@@H]1C(=O)OCC. The third kappa shape index (κ3) is 4.21. The molecule has 1 aromatic rings. The molecule has 144 valence electrons. The molecule has 1 aromatic heterocycles. The smallest absolute Gasteiger partial charge is 0.330 e. The van der Waals surface area contributed by atoms with Crippen molar-refractivity contribution in [2.24, 2.45) is 5.92 Å². The van der Waals surface area contributed by atoms with Crippen LogP contribution in [0.2, 0.25) is 0 Å². The molecule has 0 unspecified atom stereocenters. The first-order valence-corrected chi connectivity index (χ1v) is 8.84. The second-order valence-electron chi connectivity index (χ2n) is 5.44. The van der Waals surface area contributed by atoms with E-state index in [1.165, 1.54) is 0 Å². The molecule has 1 aliphatic rings. The van der Waals surface area contributed by atoms with E-state index < -0.39 is 52.1 Å². The highest BCUT2D eigenvalue weighted by Gasteiger charge is 2.50. The summed E-state index contributed by atoms with van der Waals surface area (Å²) in [6.07, 6.45) is -1.65. The van der Waals surface area contributed by atoms with Gasteiger partial charge in [-0.25, -0.2) is 4.79 Å². The summed E-state index contributed by atoms with van der Waals surface area (Å²) in [7, 11) is 0. The second kappa shape index (κ2) is 8.58. The van der Waals surface area contributed by atoms with Gasteiger partial charge in [0.15, 0.2) is 6.23 Å². The van der Waals surface area contributed by atoms with Crippen molar-refractivity contribution in [1.82, 2.24) is 9.55 Å². The number of halogens is 2. The minimum atomic E-state index is -1.19. The molecule has 0 amide bonds. The fraction of sp³-hybridized carbons (Fsp3) is 0.600. The van der Waals surface area contributed by atoms with Crippen LogP contribution in [-0.2, 0) is 23.8 Å². The Bertz CT molecular complexity index is 793. The van der Waals surface area contributed by atoms with E-state index in [4.69, 9.17) is 14.2 Å². The molecule has 4 atom stereocenters. The number of carbonyl (C=O) groups is 2. The minimum absolute atomic E-state index is 0.110. The number of nitrogens with one attached hydrogen (secondary N) is 1. The van der Waals surface area contributed by atoms with Gasteiger partial charge in [-0.3, -0.25) is 23.9 Å². The molecule has 1 saturated heterocycles. The lowest BCUT2D eigenvalue weighted by Gasteiger charge is -2.18. The van der Waals surface area contributed by atoms with Gasteiger partial charge in [-0.05, 0) is 13.8 Å². The van der Waals surface area contributed by atoms with Crippen LogP contribution in [-0.4, -0.2) is 45.6 Å². The van der Waals surface area contributed by atoms with E-state index in [1.807, 2.05) is 4.98 Å². The zero-order valence-corrected chi connectivity index (χ0v) is 15.7. The summed E-state index contributed by atoms with van der Waals surface area (Å²) in [4.78, 5) is 48.3. The molecule has 0 aromatic carbocycles. The monoisotopic (exact) mass is 436 g/mol. The average Bonchev–Trinajstić information content (AvgIpc) is 2.87. The maximum absolute atomic E-state index is 13.6. The Balaban J connectivity index is 2.36. The van der Waals surface area contributed by atoms with Crippen LogP contribution in [0.3, 0.4) is 0 Å². The fourth-order valence-corrected chi connectivity index (χ4v) is 3.61. The number of carbonyl (C=O) groups excluding carboxylic acids is 2. The van der Waals surface area contributed by atoms with Crippen molar-refractivity contribution in [2.45, 2.75) is 37.4 Å². The Morgan fingerprint density at radius 3 is 2.58 bits per heavy atom. The van der Waals surface area contributed by atoms with E-state index in [1.54, 1.807) is 13.8 Å². The van der Waals surface area contributed by atoms with Crippen LogP contribution < -0.4 is 11.2 Å². The van der Waals surface area contributed by atoms with Crippen LogP contribution in [0.15, 0.2) is 15.8 Å². The number of alkyl halides is 1. The maximum atomic E-state index is 13.6. The maximum Gasteiger partial charge on any atom is 0.330 e. The molecule has 26 heavy (non-hydrogen) atoms. The number of hydrogen-bond acceptors (Lipinski definition) is 7. The Morgan fingerprint density at radius 2 is 1.96 bits per heavy atom. The van der Waals surface area contributed by atoms with Crippen molar-refractivity contribution in [1.29, 1.82) is 0 Å². The van der Waals surface area contributed by atoms with Gasteiger partial charge in [0, 0.05) is 0 Å². The number of H-pyrrole nitrogens is 1. The van der Waals surface area contributed by atoms with Gasteiger partial charge in [-0.2, -0.15) is 4.39 Å². The van der Waals surface area contributed by atoms with Crippen LogP contribution in [0, 0.1) is 11.7 Å². The molecule has 0 spiro atoms. The van der Waals surface area contributed by atoms with Crippen molar-refractivity contribution >= 4 is 27.9 Å². The van der Waals surface area contributed by atoms with Gasteiger partial charge >= 0.3 is 17.6 Å². The van der Waals surface area contributed by atoms with E-state index in [-0.39, 0.29) is 19.6 Å². The first kappa shape index (κ1) is 20.3. The Hall–Kier alpha value is -2.01. The lowest BCUT2D eigenvalue weighted by Crippen LogP contribution is -2.37. The molecular formula is C15H18BrFN2O7. The summed E-state index contributed by atoms with van der Waals surface area (Å²) in [5.41, 5.74) is -2.08. The molecule has 2 heterocycles. The Labute approximate surface area is 155 Å². The van der Waals surface area contributed by atoms with E-state index in [9.17, 15) is 23.6 Å². The van der Waals surface area contributed by atoms with Gasteiger partial charge in [0.1, 0.15) is 5.92 Å². The summed E-state index contributed by atoms with van der Waals surface area (Å²) < 4.78 is 29.9. The number of rotatable bonds is 6. The van der Waals surface area contributed by atoms with E-state index in [2.05, 4.69) is 15.9 Å². The molecule has 11 heteroatoms. The van der Waals surface area contributed by atoms with Crippen LogP contribution >= 0.6 is 15.9 Å². The first-order valence-electron chi connectivity index (χ1n) is 7.92. The highest BCUT2D eigenvalue weighted by atomic mass is 79.9. The van der Waals surface area contributed by atoms with Crippen molar-refractivity contribution < 1.29 is 28.2 Å². The topological polar surface area (TPSA) is 117 Å². The average molecular weight is 437 g/mol. The minimum Gasteiger partial charge on any atom is -0.466 e. The van der Waals surface area contributed by atoms with E-state index in [0.717, 1.165) is 4.57 Å². The van der Waals surface area contributed by atoms with Crippen molar-refractivity contribution in [3.8, 4) is 0 Å². The molecule has 0 radical (unpaired) electrons. The van der Waals surface area contributed by atoms with Gasteiger partial charge in [0.2, 0.25) is 5.82 Å². The van der Waals surface area contributed by atoms with Crippen LogP contribution in [0.5, 0.6) is 0 Å². The summed E-state index contributed by atoms with van der Waals surface area (Å²) in [5, 5.41) is 0. The zero-order valence-electron chi connectivity index (χ0n) is 14.1. The first-order chi connectivity index (χ1) is 12.3. The lowest BCUT2D eigenvalue weighted by atomic mass is 9.98. The predicted octanol–water partition coefficient (Wildman–Crippen LogP) is 0.469.